The van der Waals surface area contributed by atoms with Crippen molar-refractivity contribution in [1.82, 2.24) is 9.78 Å². The fourth-order valence-electron chi connectivity index (χ4n) is 2.26. The van der Waals surface area contributed by atoms with E-state index in [0.29, 0.717) is 11.6 Å². The molecule has 1 amide bonds. The highest BCUT2D eigenvalue weighted by atomic mass is 35.5. The average molecular weight is 398 g/mol. The Balaban J connectivity index is 1.76. The smallest absolute Gasteiger partial charge is 0.388 e. The number of rotatable bonds is 4. The largest absolute Gasteiger partial charge is 0.437 e. The van der Waals surface area contributed by atoms with Crippen LogP contribution in [0, 0.1) is 0 Å². The van der Waals surface area contributed by atoms with Gasteiger partial charge in [-0.1, -0.05) is 29.8 Å². The van der Waals surface area contributed by atoms with E-state index in [-0.39, 0.29) is 11.6 Å². The number of amides is 1. The minimum absolute atomic E-state index is 0.0271. The minimum atomic E-state index is -4.66. The summed E-state index contributed by atoms with van der Waals surface area (Å²) in [5.74, 6) is -1.59. The fourth-order valence-corrected chi connectivity index (χ4v) is 2.49. The average Bonchev–Trinajstić information content (AvgIpc) is 2.97. The van der Waals surface area contributed by atoms with Crippen LogP contribution < -0.4 is 11.1 Å². The molecule has 3 aromatic rings. The van der Waals surface area contributed by atoms with Crippen LogP contribution in [0.15, 0.2) is 57.7 Å². The van der Waals surface area contributed by atoms with Gasteiger partial charge in [-0.15, -0.1) is 5.10 Å². The molecule has 1 N–H and O–H groups in total. The molecule has 0 bridgehead atoms. The van der Waals surface area contributed by atoms with Crippen LogP contribution in [0.3, 0.4) is 0 Å². The normalized spacial score (nSPS) is 11.4. The van der Waals surface area contributed by atoms with Crippen molar-refractivity contribution in [2.75, 3.05) is 5.32 Å². The van der Waals surface area contributed by atoms with Crippen LogP contribution in [0.5, 0.6) is 0 Å². The molecule has 6 nitrogen and oxygen atoms in total. The van der Waals surface area contributed by atoms with Crippen LogP contribution in [0.1, 0.15) is 5.56 Å². The van der Waals surface area contributed by atoms with Crippen LogP contribution >= 0.6 is 11.6 Å². The Morgan fingerprint density at radius 3 is 2.56 bits per heavy atom. The molecule has 0 aliphatic heterocycles. The highest BCUT2D eigenvalue weighted by Gasteiger charge is 2.33. The van der Waals surface area contributed by atoms with Crippen molar-refractivity contribution in [3.05, 3.63) is 69.7 Å². The zero-order valence-corrected chi connectivity index (χ0v) is 14.2. The Morgan fingerprint density at radius 1 is 1.19 bits per heavy atom. The van der Waals surface area contributed by atoms with Crippen molar-refractivity contribution < 1.29 is 22.4 Å². The predicted octanol–water partition coefficient (Wildman–Crippen LogP) is 3.81. The van der Waals surface area contributed by atoms with E-state index in [1.54, 1.807) is 30.3 Å². The molecule has 0 aliphatic rings. The molecule has 3 rings (SSSR count). The third-order valence-corrected chi connectivity index (χ3v) is 3.81. The number of carbonyl (C=O) groups excluding carboxylic acids is 1. The maximum Gasteiger partial charge on any atom is 0.437 e. The fraction of sp³-hybridized carbons (Fsp3) is 0.118. The first-order chi connectivity index (χ1) is 12.7. The number of nitrogens with one attached hydrogen (secondary N) is 1. The molecule has 0 atom stereocenters. The number of halogens is 4. The monoisotopic (exact) mass is 397 g/mol. The van der Waals surface area contributed by atoms with Crippen molar-refractivity contribution in [2.45, 2.75) is 12.7 Å². The molecule has 1 aromatic heterocycles. The highest BCUT2D eigenvalue weighted by molar-refractivity contribution is 6.31. The summed E-state index contributed by atoms with van der Waals surface area (Å²) in [7, 11) is 0. The van der Waals surface area contributed by atoms with Gasteiger partial charge in [0.15, 0.2) is 0 Å². The van der Waals surface area contributed by atoms with Crippen molar-refractivity contribution >= 4 is 23.2 Å². The lowest BCUT2D eigenvalue weighted by molar-refractivity contribution is -0.137. The van der Waals surface area contributed by atoms with E-state index in [2.05, 4.69) is 10.4 Å². The second-order valence-corrected chi connectivity index (χ2v) is 5.84. The van der Waals surface area contributed by atoms with Crippen LogP contribution in [-0.2, 0) is 17.5 Å². The van der Waals surface area contributed by atoms with Gasteiger partial charge < -0.3 is 9.73 Å². The standard InChI is InChI=1S/C17H11ClF3N3O3/c18-13-7-6-11(8-12(13)17(19,20)21)22-14(25)9-24-16(26)27-15(23-24)10-4-2-1-3-5-10/h1-8H,9H2,(H,22,25). The Bertz CT molecular complexity index is 1030. The lowest BCUT2D eigenvalue weighted by atomic mass is 10.2. The lowest BCUT2D eigenvalue weighted by Gasteiger charge is -2.11. The lowest BCUT2D eigenvalue weighted by Crippen LogP contribution is -2.26. The summed E-state index contributed by atoms with van der Waals surface area (Å²) in [6.07, 6.45) is -4.66. The maximum atomic E-state index is 12.9. The van der Waals surface area contributed by atoms with Gasteiger partial charge in [0.05, 0.1) is 10.6 Å². The molecule has 0 spiro atoms. The number of hydrogen-bond donors (Lipinski definition) is 1. The summed E-state index contributed by atoms with van der Waals surface area (Å²) < 4.78 is 44.4. The molecule has 0 aliphatic carbocycles. The van der Waals surface area contributed by atoms with E-state index >= 15 is 0 Å². The van der Waals surface area contributed by atoms with E-state index in [9.17, 15) is 22.8 Å². The van der Waals surface area contributed by atoms with Gasteiger partial charge in [-0.25, -0.2) is 4.79 Å². The van der Waals surface area contributed by atoms with Crippen molar-refractivity contribution in [1.29, 1.82) is 0 Å². The Kier molecular flexibility index (Phi) is 5.04. The molecule has 27 heavy (non-hydrogen) atoms. The second kappa shape index (κ2) is 7.28. The second-order valence-electron chi connectivity index (χ2n) is 5.44. The summed E-state index contributed by atoms with van der Waals surface area (Å²) in [4.78, 5) is 23.9. The Morgan fingerprint density at radius 2 is 1.89 bits per heavy atom. The third kappa shape index (κ3) is 4.37. The first-order valence-electron chi connectivity index (χ1n) is 7.54. The van der Waals surface area contributed by atoms with Gasteiger partial charge in [0.1, 0.15) is 6.54 Å². The van der Waals surface area contributed by atoms with Crippen LogP contribution in [0.4, 0.5) is 18.9 Å². The van der Waals surface area contributed by atoms with Crippen molar-refractivity contribution in [3.8, 4) is 11.5 Å². The molecule has 140 valence electrons. The number of nitrogens with zero attached hydrogens (tertiary/aromatic N) is 2. The van der Waals surface area contributed by atoms with Gasteiger partial charge >= 0.3 is 11.9 Å². The summed E-state index contributed by atoms with van der Waals surface area (Å²) in [6, 6.07) is 11.5. The van der Waals surface area contributed by atoms with Gasteiger partial charge in [0.2, 0.25) is 11.8 Å². The van der Waals surface area contributed by atoms with E-state index in [0.717, 1.165) is 10.7 Å². The molecule has 0 unspecified atom stereocenters. The molecule has 0 saturated heterocycles. The number of hydrogen-bond acceptors (Lipinski definition) is 4. The number of alkyl halides is 3. The number of anilines is 1. The number of aromatic nitrogens is 2. The van der Waals surface area contributed by atoms with Crippen molar-refractivity contribution in [3.63, 3.8) is 0 Å². The summed E-state index contributed by atoms with van der Waals surface area (Å²) in [5, 5.41) is 5.69. The van der Waals surface area contributed by atoms with Crippen LogP contribution in [0.25, 0.3) is 11.5 Å². The molecule has 2 aromatic carbocycles. The minimum Gasteiger partial charge on any atom is -0.388 e. The van der Waals surface area contributed by atoms with E-state index in [1.165, 1.54) is 6.07 Å². The molecule has 0 saturated carbocycles. The Labute approximate surface area is 155 Å². The van der Waals surface area contributed by atoms with Gasteiger partial charge in [0.25, 0.3) is 0 Å². The third-order valence-electron chi connectivity index (χ3n) is 3.48. The number of benzene rings is 2. The topological polar surface area (TPSA) is 77.1 Å². The molecular weight excluding hydrogens is 387 g/mol. The SMILES string of the molecule is O=C(Cn1nc(-c2ccccc2)oc1=O)Nc1ccc(Cl)c(C(F)(F)F)c1. The highest BCUT2D eigenvalue weighted by Crippen LogP contribution is 2.36. The van der Waals surface area contributed by atoms with Crippen LogP contribution in [-0.4, -0.2) is 15.7 Å². The Hall–Kier alpha value is -3.07. The first kappa shape index (κ1) is 18.7. The summed E-state index contributed by atoms with van der Waals surface area (Å²) in [6.45, 7) is -0.529. The molecule has 0 radical (unpaired) electrons. The van der Waals surface area contributed by atoms with Crippen LogP contribution in [0.2, 0.25) is 5.02 Å². The van der Waals surface area contributed by atoms with Gasteiger partial charge in [-0.2, -0.15) is 17.9 Å². The maximum absolute atomic E-state index is 12.9. The zero-order valence-electron chi connectivity index (χ0n) is 13.5. The van der Waals surface area contributed by atoms with Gasteiger partial charge in [-0.3, -0.25) is 4.79 Å². The first-order valence-corrected chi connectivity index (χ1v) is 7.92. The zero-order chi connectivity index (χ0) is 19.6. The van der Waals surface area contributed by atoms with E-state index in [4.69, 9.17) is 16.0 Å². The van der Waals surface area contributed by atoms with Crippen molar-refractivity contribution in [2.24, 2.45) is 0 Å². The summed E-state index contributed by atoms with van der Waals surface area (Å²) in [5.41, 5.74) is -0.648. The summed E-state index contributed by atoms with van der Waals surface area (Å²) >= 11 is 5.53. The molecule has 0 fully saturated rings. The molecule has 10 heteroatoms. The van der Waals surface area contributed by atoms with Gasteiger partial charge in [-0.05, 0) is 30.3 Å². The van der Waals surface area contributed by atoms with E-state index < -0.39 is 35.0 Å². The predicted molar refractivity (Wildman–Crippen MR) is 91.3 cm³/mol. The molecular formula is C17H11ClF3N3O3. The van der Waals surface area contributed by atoms with Gasteiger partial charge in [0, 0.05) is 11.3 Å². The quantitative estimate of drug-likeness (QED) is 0.726. The van der Waals surface area contributed by atoms with E-state index in [1.807, 2.05) is 0 Å². The molecule has 1 heterocycles. The number of carbonyl (C=O) groups is 1.